The Morgan fingerprint density at radius 1 is 0.882 bits per heavy atom. The van der Waals surface area contributed by atoms with E-state index in [4.69, 9.17) is 11.6 Å². The van der Waals surface area contributed by atoms with Gasteiger partial charge in [-0.1, -0.05) is 54.4 Å². The van der Waals surface area contributed by atoms with Crippen LogP contribution in [-0.2, 0) is 10.0 Å². The minimum atomic E-state index is -3.69. The lowest BCUT2D eigenvalue weighted by Gasteiger charge is -2.26. The third-order valence-corrected chi connectivity index (χ3v) is 8.05. The van der Waals surface area contributed by atoms with Crippen molar-refractivity contribution in [2.24, 2.45) is 0 Å². The number of aryl methyl sites for hydroxylation is 1. The van der Waals surface area contributed by atoms with E-state index in [1.807, 2.05) is 6.07 Å². The molecule has 0 bridgehead atoms. The van der Waals surface area contributed by atoms with Crippen LogP contribution in [0, 0.1) is 6.92 Å². The summed E-state index contributed by atoms with van der Waals surface area (Å²) in [4.78, 5) is 26.4. The Balaban J connectivity index is 1.65. The van der Waals surface area contributed by atoms with E-state index in [-0.39, 0.29) is 21.8 Å². The number of benzene rings is 3. The van der Waals surface area contributed by atoms with E-state index in [9.17, 15) is 18.0 Å². The number of nitrogens with zero attached hydrogens (tertiary/aromatic N) is 1. The van der Waals surface area contributed by atoms with Crippen LogP contribution in [-0.4, -0.2) is 37.5 Å². The molecule has 0 aliphatic carbocycles. The van der Waals surface area contributed by atoms with Crippen LogP contribution in [0.15, 0.2) is 71.6 Å². The number of anilines is 1. The third kappa shape index (κ3) is 5.06. The van der Waals surface area contributed by atoms with Gasteiger partial charge >= 0.3 is 0 Å². The number of halogens is 1. The fraction of sp³-hybridized carbons (Fsp3) is 0.231. The van der Waals surface area contributed by atoms with Gasteiger partial charge in [0, 0.05) is 34.8 Å². The first-order valence-corrected chi connectivity index (χ1v) is 12.9. The molecule has 0 radical (unpaired) electrons. The summed E-state index contributed by atoms with van der Waals surface area (Å²) in [5.41, 5.74) is 1.87. The highest BCUT2D eigenvalue weighted by molar-refractivity contribution is 7.89. The van der Waals surface area contributed by atoms with Crippen LogP contribution in [0.3, 0.4) is 0 Å². The van der Waals surface area contributed by atoms with Crippen LogP contribution < -0.4 is 5.32 Å². The first-order valence-electron chi connectivity index (χ1n) is 11.1. The number of nitrogens with one attached hydrogen (secondary N) is 1. The van der Waals surface area contributed by atoms with Crippen molar-refractivity contribution in [3.63, 3.8) is 0 Å². The van der Waals surface area contributed by atoms with Crippen LogP contribution in [0.25, 0.3) is 0 Å². The van der Waals surface area contributed by atoms with Crippen molar-refractivity contribution in [2.75, 3.05) is 18.4 Å². The molecular weight excluding hydrogens is 472 g/mol. The Morgan fingerprint density at radius 2 is 1.59 bits per heavy atom. The average molecular weight is 497 g/mol. The summed E-state index contributed by atoms with van der Waals surface area (Å²) in [6.07, 6.45) is 2.67. The maximum absolute atomic E-state index is 13.2. The molecule has 6 nitrogen and oxygen atoms in total. The van der Waals surface area contributed by atoms with Gasteiger partial charge in [-0.3, -0.25) is 9.59 Å². The molecule has 176 valence electrons. The Morgan fingerprint density at radius 3 is 2.29 bits per heavy atom. The van der Waals surface area contributed by atoms with E-state index in [1.165, 1.54) is 22.5 Å². The van der Waals surface area contributed by atoms with E-state index in [0.717, 1.165) is 19.3 Å². The van der Waals surface area contributed by atoms with Gasteiger partial charge in [0.1, 0.15) is 0 Å². The fourth-order valence-corrected chi connectivity index (χ4v) is 5.72. The number of amides is 1. The summed E-state index contributed by atoms with van der Waals surface area (Å²) in [7, 11) is -3.69. The van der Waals surface area contributed by atoms with Crippen molar-refractivity contribution < 1.29 is 18.0 Å². The zero-order valence-corrected chi connectivity index (χ0v) is 20.3. The molecule has 1 aliphatic rings. The lowest BCUT2D eigenvalue weighted by Crippen LogP contribution is -2.35. The smallest absolute Gasteiger partial charge is 0.255 e. The number of carbonyl (C=O) groups is 2. The largest absolute Gasteiger partial charge is 0.321 e. The minimum absolute atomic E-state index is 0.0850. The topological polar surface area (TPSA) is 83.6 Å². The predicted octanol–water partition coefficient (Wildman–Crippen LogP) is 5.31. The second-order valence-corrected chi connectivity index (χ2v) is 10.7. The molecule has 0 saturated carbocycles. The lowest BCUT2D eigenvalue weighted by molar-refractivity contribution is 0.102. The average Bonchev–Trinajstić information content (AvgIpc) is 2.85. The monoisotopic (exact) mass is 496 g/mol. The lowest BCUT2D eigenvalue weighted by atomic mass is 10.0. The minimum Gasteiger partial charge on any atom is -0.321 e. The van der Waals surface area contributed by atoms with Crippen molar-refractivity contribution in [1.82, 2.24) is 4.31 Å². The van der Waals surface area contributed by atoms with Crippen molar-refractivity contribution in [3.05, 3.63) is 94.0 Å². The highest BCUT2D eigenvalue weighted by Crippen LogP contribution is 2.26. The molecule has 34 heavy (non-hydrogen) atoms. The number of sulfonamides is 1. The summed E-state index contributed by atoms with van der Waals surface area (Å²) in [6.45, 7) is 2.70. The molecule has 0 spiro atoms. The summed E-state index contributed by atoms with van der Waals surface area (Å²) in [6, 6.07) is 17.9. The quantitative estimate of drug-likeness (QED) is 0.469. The maximum Gasteiger partial charge on any atom is 0.255 e. The van der Waals surface area contributed by atoms with Crippen molar-refractivity contribution >= 4 is 39.0 Å². The molecule has 4 rings (SSSR count). The van der Waals surface area contributed by atoms with Gasteiger partial charge < -0.3 is 5.32 Å². The fourth-order valence-electron chi connectivity index (χ4n) is 4.01. The summed E-state index contributed by atoms with van der Waals surface area (Å²) in [5, 5.41) is 3.14. The Hall–Kier alpha value is -3.00. The first kappa shape index (κ1) is 24.1. The van der Waals surface area contributed by atoms with Crippen molar-refractivity contribution in [3.8, 4) is 0 Å². The van der Waals surface area contributed by atoms with Gasteiger partial charge in [-0.05, 0) is 55.7 Å². The molecule has 0 aromatic heterocycles. The van der Waals surface area contributed by atoms with Crippen LogP contribution >= 0.6 is 11.6 Å². The van der Waals surface area contributed by atoms with E-state index < -0.39 is 15.9 Å². The number of rotatable bonds is 6. The van der Waals surface area contributed by atoms with Crippen LogP contribution in [0.5, 0.6) is 0 Å². The molecule has 1 saturated heterocycles. The van der Waals surface area contributed by atoms with Gasteiger partial charge in [0.25, 0.3) is 5.91 Å². The number of hydrogen-bond acceptors (Lipinski definition) is 4. The maximum atomic E-state index is 13.2. The van der Waals surface area contributed by atoms with Crippen LogP contribution in [0.4, 0.5) is 5.69 Å². The van der Waals surface area contributed by atoms with E-state index >= 15 is 0 Å². The molecule has 3 aromatic rings. The second-order valence-electron chi connectivity index (χ2n) is 8.28. The molecule has 1 fully saturated rings. The first-order chi connectivity index (χ1) is 16.3. The summed E-state index contributed by atoms with van der Waals surface area (Å²) < 4.78 is 27.7. The van der Waals surface area contributed by atoms with E-state index in [2.05, 4.69) is 5.32 Å². The predicted molar refractivity (Wildman–Crippen MR) is 133 cm³/mol. The molecule has 0 unspecified atom stereocenters. The highest BCUT2D eigenvalue weighted by atomic mass is 35.5. The second kappa shape index (κ2) is 10.1. The molecule has 1 heterocycles. The van der Waals surface area contributed by atoms with Gasteiger partial charge in [-0.2, -0.15) is 4.31 Å². The van der Waals surface area contributed by atoms with Gasteiger partial charge in [-0.25, -0.2) is 8.42 Å². The summed E-state index contributed by atoms with van der Waals surface area (Å²) in [5.74, 6) is -0.783. The van der Waals surface area contributed by atoms with Gasteiger partial charge in [0.15, 0.2) is 5.78 Å². The molecular formula is C26H25ClN2O4S. The molecule has 3 aromatic carbocycles. The number of hydrogen-bond donors (Lipinski definition) is 1. The van der Waals surface area contributed by atoms with Gasteiger partial charge in [0.2, 0.25) is 10.0 Å². The zero-order valence-electron chi connectivity index (χ0n) is 18.8. The number of piperidine rings is 1. The van der Waals surface area contributed by atoms with Gasteiger partial charge in [0.05, 0.1) is 10.6 Å². The van der Waals surface area contributed by atoms with Crippen molar-refractivity contribution in [1.29, 1.82) is 0 Å². The highest BCUT2D eigenvalue weighted by Gasteiger charge is 2.27. The zero-order chi connectivity index (χ0) is 24.3. The third-order valence-electron chi connectivity index (χ3n) is 5.92. The van der Waals surface area contributed by atoms with Crippen LogP contribution in [0.2, 0.25) is 5.02 Å². The molecule has 0 atom stereocenters. The van der Waals surface area contributed by atoms with Crippen molar-refractivity contribution in [2.45, 2.75) is 31.1 Å². The number of carbonyl (C=O) groups excluding carboxylic acids is 2. The Labute approximate surface area is 204 Å². The van der Waals surface area contributed by atoms with Gasteiger partial charge in [-0.15, -0.1) is 0 Å². The molecule has 8 heteroatoms. The van der Waals surface area contributed by atoms with E-state index in [1.54, 1.807) is 49.4 Å². The Kier molecular flexibility index (Phi) is 7.16. The normalized spacial score (nSPS) is 14.5. The molecule has 1 aliphatic heterocycles. The summed E-state index contributed by atoms with van der Waals surface area (Å²) >= 11 is 6.14. The SMILES string of the molecule is Cc1ccc(S(=O)(=O)N2CCCCC2)cc1C(=O)Nc1ccc(Cl)cc1C(=O)c1ccccc1. The number of ketones is 1. The Bertz CT molecular complexity index is 1330. The standard InChI is InChI=1S/C26H25ClN2O4S/c1-18-10-12-21(34(32,33)29-14-6-3-7-15-29)17-22(18)26(31)28-24-13-11-20(27)16-23(24)25(30)19-8-4-2-5-9-19/h2,4-5,8-13,16-17H,3,6-7,14-15H2,1H3,(H,28,31). The molecule has 1 amide bonds. The van der Waals surface area contributed by atoms with E-state index in [0.29, 0.717) is 34.9 Å². The van der Waals surface area contributed by atoms with Crippen LogP contribution in [0.1, 0.15) is 51.1 Å². The molecule has 1 N–H and O–H groups in total.